The van der Waals surface area contributed by atoms with Crippen LogP contribution in [0.25, 0.3) is 0 Å². The fourth-order valence-electron chi connectivity index (χ4n) is 0.935. The minimum Gasteiger partial charge on any atom is -0.258 e. The van der Waals surface area contributed by atoms with Gasteiger partial charge in [0.15, 0.2) is 0 Å². The molecule has 0 aromatic carbocycles. The summed E-state index contributed by atoms with van der Waals surface area (Å²) in [6.07, 6.45) is 5.07. The lowest BCUT2D eigenvalue weighted by atomic mass is 10.0. The van der Waals surface area contributed by atoms with E-state index < -0.39 is 15.5 Å². The van der Waals surface area contributed by atoms with E-state index in [9.17, 15) is 20.2 Å². The molecule has 6 heteroatoms. The van der Waals surface area contributed by atoms with Crippen LogP contribution in [0.3, 0.4) is 0 Å². The SMILES string of the molecule is O=[N+]([O-])C1([N+](=O)[O-])C=CC=CC1. The van der Waals surface area contributed by atoms with E-state index >= 15 is 0 Å². The molecule has 0 spiro atoms. The third-order valence-corrected chi connectivity index (χ3v) is 1.66. The summed E-state index contributed by atoms with van der Waals surface area (Å²) in [5.74, 6) is 0. The molecule has 0 aromatic heterocycles. The van der Waals surface area contributed by atoms with Crippen LogP contribution < -0.4 is 0 Å². The van der Waals surface area contributed by atoms with Crippen LogP contribution in [-0.4, -0.2) is 15.5 Å². The molecular formula is C6H6N2O4. The van der Waals surface area contributed by atoms with Gasteiger partial charge in [0.2, 0.25) is 0 Å². The lowest BCUT2D eigenvalue weighted by Gasteiger charge is -2.12. The highest BCUT2D eigenvalue weighted by Gasteiger charge is 2.52. The Bertz CT molecular complexity index is 267. The maximum atomic E-state index is 10.4. The molecule has 0 heterocycles. The Morgan fingerprint density at radius 2 is 1.75 bits per heavy atom. The molecule has 0 saturated carbocycles. The summed E-state index contributed by atoms with van der Waals surface area (Å²) < 4.78 is 0. The Morgan fingerprint density at radius 3 is 2.00 bits per heavy atom. The van der Waals surface area contributed by atoms with E-state index in [4.69, 9.17) is 0 Å². The van der Waals surface area contributed by atoms with Gasteiger partial charge in [-0.25, -0.2) is 0 Å². The molecule has 0 saturated heterocycles. The van der Waals surface area contributed by atoms with Gasteiger partial charge in [0.05, 0.1) is 6.08 Å². The van der Waals surface area contributed by atoms with Crippen molar-refractivity contribution in [3.63, 3.8) is 0 Å². The summed E-state index contributed by atoms with van der Waals surface area (Å²) in [5, 5.41) is 20.8. The van der Waals surface area contributed by atoms with Gasteiger partial charge in [0, 0.05) is 0 Å². The molecule has 1 aliphatic carbocycles. The van der Waals surface area contributed by atoms with Crippen LogP contribution in [-0.2, 0) is 0 Å². The number of nitrogens with zero attached hydrogens (tertiary/aromatic N) is 2. The first-order chi connectivity index (χ1) is 5.59. The first-order valence-electron chi connectivity index (χ1n) is 3.23. The van der Waals surface area contributed by atoms with Gasteiger partial charge < -0.3 is 0 Å². The largest absolute Gasteiger partial charge is 0.481 e. The van der Waals surface area contributed by atoms with Crippen molar-refractivity contribution in [3.05, 3.63) is 44.5 Å². The number of nitro groups is 2. The van der Waals surface area contributed by atoms with Crippen LogP contribution in [0.15, 0.2) is 24.3 Å². The van der Waals surface area contributed by atoms with Gasteiger partial charge in [0.25, 0.3) is 0 Å². The summed E-state index contributed by atoms with van der Waals surface area (Å²) in [7, 11) is 0. The summed E-state index contributed by atoms with van der Waals surface area (Å²) in [6.45, 7) is 0. The van der Waals surface area contributed by atoms with Crippen LogP contribution in [0, 0.1) is 20.2 Å². The summed E-state index contributed by atoms with van der Waals surface area (Å²) >= 11 is 0. The Morgan fingerprint density at radius 1 is 1.17 bits per heavy atom. The molecule has 0 N–H and O–H groups in total. The quantitative estimate of drug-likeness (QED) is 0.347. The van der Waals surface area contributed by atoms with Gasteiger partial charge in [-0.3, -0.25) is 20.2 Å². The lowest BCUT2D eigenvalue weighted by molar-refractivity contribution is -0.780. The van der Waals surface area contributed by atoms with Crippen molar-refractivity contribution in [2.75, 3.05) is 0 Å². The second-order valence-electron chi connectivity index (χ2n) is 2.38. The van der Waals surface area contributed by atoms with Crippen LogP contribution in [0.1, 0.15) is 6.42 Å². The molecule has 0 bridgehead atoms. The molecule has 12 heavy (non-hydrogen) atoms. The molecule has 1 rings (SSSR count). The van der Waals surface area contributed by atoms with Gasteiger partial charge in [-0.2, -0.15) is 0 Å². The molecule has 64 valence electrons. The minimum atomic E-state index is -2.14. The molecule has 1 aliphatic rings. The maximum Gasteiger partial charge on any atom is 0.481 e. The highest BCUT2D eigenvalue weighted by Crippen LogP contribution is 2.21. The van der Waals surface area contributed by atoms with E-state index in [1.807, 2.05) is 0 Å². The molecule has 0 aromatic rings. The average Bonchev–Trinajstić information content (AvgIpc) is 2.05. The third kappa shape index (κ3) is 1.07. The second kappa shape index (κ2) is 2.72. The van der Waals surface area contributed by atoms with Gasteiger partial charge in [-0.1, -0.05) is 18.2 Å². The highest BCUT2D eigenvalue weighted by molar-refractivity contribution is 5.14. The lowest BCUT2D eigenvalue weighted by Crippen LogP contribution is -2.44. The van der Waals surface area contributed by atoms with E-state index in [1.165, 1.54) is 12.2 Å². The Hall–Kier alpha value is -1.72. The Balaban J connectivity index is 3.04. The van der Waals surface area contributed by atoms with Crippen LogP contribution >= 0.6 is 0 Å². The van der Waals surface area contributed by atoms with E-state index in [2.05, 4.69) is 0 Å². The predicted molar refractivity (Wildman–Crippen MR) is 39.6 cm³/mol. The Kier molecular flexibility index (Phi) is 1.90. The number of rotatable bonds is 2. The van der Waals surface area contributed by atoms with Gasteiger partial charge in [-0.15, -0.1) is 0 Å². The molecule has 6 nitrogen and oxygen atoms in total. The number of hydrogen-bond acceptors (Lipinski definition) is 4. The minimum absolute atomic E-state index is 0.191. The Labute approximate surface area is 67.5 Å². The smallest absolute Gasteiger partial charge is 0.258 e. The molecular weight excluding hydrogens is 164 g/mol. The van der Waals surface area contributed by atoms with Crippen molar-refractivity contribution in [2.24, 2.45) is 0 Å². The molecule has 0 atom stereocenters. The normalized spacial score (nSPS) is 19.0. The van der Waals surface area contributed by atoms with Gasteiger partial charge in [0.1, 0.15) is 16.3 Å². The zero-order chi connectivity index (χ0) is 9.19. The van der Waals surface area contributed by atoms with Crippen molar-refractivity contribution in [1.29, 1.82) is 0 Å². The average molecular weight is 170 g/mol. The predicted octanol–water partition coefficient (Wildman–Crippen LogP) is 0.752. The van der Waals surface area contributed by atoms with Gasteiger partial charge in [-0.05, 0) is 0 Å². The van der Waals surface area contributed by atoms with E-state index in [0.29, 0.717) is 0 Å². The number of allylic oxidation sites excluding steroid dienone is 2. The monoisotopic (exact) mass is 170 g/mol. The summed E-state index contributed by atoms with van der Waals surface area (Å²) in [4.78, 5) is 19.0. The second-order valence-corrected chi connectivity index (χ2v) is 2.38. The first-order valence-corrected chi connectivity index (χ1v) is 3.23. The topological polar surface area (TPSA) is 86.3 Å². The van der Waals surface area contributed by atoms with Gasteiger partial charge >= 0.3 is 5.66 Å². The summed E-state index contributed by atoms with van der Waals surface area (Å²) in [6, 6.07) is 0. The maximum absolute atomic E-state index is 10.4. The van der Waals surface area contributed by atoms with E-state index in [-0.39, 0.29) is 6.42 Å². The molecule has 0 aliphatic heterocycles. The third-order valence-electron chi connectivity index (χ3n) is 1.66. The van der Waals surface area contributed by atoms with E-state index in [1.54, 1.807) is 6.08 Å². The fourth-order valence-corrected chi connectivity index (χ4v) is 0.935. The molecule has 0 amide bonds. The molecule has 0 fully saturated rings. The number of hydrogen-bond donors (Lipinski definition) is 0. The van der Waals surface area contributed by atoms with Crippen molar-refractivity contribution in [2.45, 2.75) is 12.1 Å². The summed E-state index contributed by atoms with van der Waals surface area (Å²) in [5.41, 5.74) is -2.14. The standard InChI is InChI=1S/C6H6N2O4/c9-7(10)6(8(11)12)4-2-1-3-5-6/h1-4H,5H2. The zero-order valence-corrected chi connectivity index (χ0v) is 6.04. The first kappa shape index (κ1) is 8.38. The van der Waals surface area contributed by atoms with Crippen molar-refractivity contribution < 1.29 is 9.85 Å². The van der Waals surface area contributed by atoms with Crippen LogP contribution in [0.5, 0.6) is 0 Å². The van der Waals surface area contributed by atoms with Crippen molar-refractivity contribution >= 4 is 0 Å². The fraction of sp³-hybridized carbons (Fsp3) is 0.333. The molecule has 0 unspecified atom stereocenters. The van der Waals surface area contributed by atoms with Crippen molar-refractivity contribution in [1.82, 2.24) is 0 Å². The zero-order valence-electron chi connectivity index (χ0n) is 6.04. The highest BCUT2D eigenvalue weighted by atomic mass is 16.7. The van der Waals surface area contributed by atoms with Crippen LogP contribution in [0.4, 0.5) is 0 Å². The van der Waals surface area contributed by atoms with E-state index in [0.717, 1.165) is 6.08 Å². The van der Waals surface area contributed by atoms with Crippen molar-refractivity contribution in [3.8, 4) is 0 Å². The van der Waals surface area contributed by atoms with Crippen LogP contribution in [0.2, 0.25) is 0 Å². The molecule has 0 radical (unpaired) electrons.